The minimum Gasteiger partial charge on any atom is -0.296 e. The molecule has 0 saturated carbocycles. The molecule has 78 valence electrons. The average Bonchev–Trinajstić information content (AvgIpc) is 2.69. The van der Waals surface area contributed by atoms with E-state index in [1.165, 1.54) is 11.3 Å². The molecule has 0 N–H and O–H groups in total. The Hall–Kier alpha value is -0.670. The Kier molecular flexibility index (Phi) is 4.29. The summed E-state index contributed by atoms with van der Waals surface area (Å²) in [5.74, 6) is 0.225. The first-order chi connectivity index (χ1) is 6.65. The molecule has 0 aromatic carbocycles. The molecule has 0 spiro atoms. The monoisotopic (exact) mass is 211 g/mol. The molecular weight excluding hydrogens is 194 g/mol. The van der Waals surface area contributed by atoms with Gasteiger partial charge in [0.1, 0.15) is 0 Å². The number of rotatable bonds is 5. The second-order valence-corrected chi connectivity index (χ2v) is 4.52. The molecule has 14 heavy (non-hydrogen) atoms. The van der Waals surface area contributed by atoms with E-state index in [2.05, 4.69) is 18.7 Å². The molecule has 0 fully saturated rings. The topological polar surface area (TPSA) is 20.3 Å². The Labute approximate surface area is 89.5 Å². The SMILES string of the molecule is CCC(C)N(C)CC(=O)c1cccs1. The fourth-order valence-electron chi connectivity index (χ4n) is 1.21. The van der Waals surface area contributed by atoms with Gasteiger partial charge in [-0.1, -0.05) is 13.0 Å². The van der Waals surface area contributed by atoms with Gasteiger partial charge in [-0.15, -0.1) is 11.3 Å². The zero-order valence-corrected chi connectivity index (χ0v) is 9.80. The van der Waals surface area contributed by atoms with Crippen molar-refractivity contribution >= 4 is 17.1 Å². The molecule has 1 atom stereocenters. The van der Waals surface area contributed by atoms with E-state index in [-0.39, 0.29) is 5.78 Å². The number of carbonyl (C=O) groups is 1. The van der Waals surface area contributed by atoms with Crippen molar-refractivity contribution in [2.45, 2.75) is 26.3 Å². The molecular formula is C11H17NOS. The molecule has 0 saturated heterocycles. The highest BCUT2D eigenvalue weighted by atomic mass is 32.1. The summed E-state index contributed by atoms with van der Waals surface area (Å²) in [6, 6.07) is 4.28. The number of ketones is 1. The first-order valence-electron chi connectivity index (χ1n) is 4.92. The third kappa shape index (κ3) is 2.93. The van der Waals surface area contributed by atoms with Gasteiger partial charge in [-0.25, -0.2) is 0 Å². The molecule has 0 aliphatic carbocycles. The predicted molar refractivity (Wildman–Crippen MR) is 61.0 cm³/mol. The minimum absolute atomic E-state index is 0.225. The lowest BCUT2D eigenvalue weighted by Gasteiger charge is -2.22. The zero-order valence-electron chi connectivity index (χ0n) is 8.99. The molecule has 1 rings (SSSR count). The van der Waals surface area contributed by atoms with E-state index in [1.807, 2.05) is 24.6 Å². The van der Waals surface area contributed by atoms with Crippen LogP contribution in [0.4, 0.5) is 0 Å². The van der Waals surface area contributed by atoms with Gasteiger partial charge in [0.25, 0.3) is 0 Å². The molecule has 3 heteroatoms. The molecule has 1 unspecified atom stereocenters. The van der Waals surface area contributed by atoms with Crippen LogP contribution in [-0.4, -0.2) is 30.3 Å². The summed E-state index contributed by atoms with van der Waals surface area (Å²) in [6.45, 7) is 4.80. The van der Waals surface area contributed by atoms with Crippen LogP contribution in [0.5, 0.6) is 0 Å². The van der Waals surface area contributed by atoms with E-state index in [0.29, 0.717) is 12.6 Å². The normalized spacial score (nSPS) is 13.1. The molecule has 0 aliphatic heterocycles. The lowest BCUT2D eigenvalue weighted by atomic mass is 10.2. The Morgan fingerprint density at radius 1 is 1.64 bits per heavy atom. The van der Waals surface area contributed by atoms with E-state index in [1.54, 1.807) is 0 Å². The van der Waals surface area contributed by atoms with E-state index in [4.69, 9.17) is 0 Å². The van der Waals surface area contributed by atoms with Crippen molar-refractivity contribution in [3.05, 3.63) is 22.4 Å². The van der Waals surface area contributed by atoms with Gasteiger partial charge in [0.15, 0.2) is 5.78 Å². The van der Waals surface area contributed by atoms with Gasteiger partial charge in [0.2, 0.25) is 0 Å². The summed E-state index contributed by atoms with van der Waals surface area (Å²) in [4.78, 5) is 14.7. The summed E-state index contributed by atoms with van der Waals surface area (Å²) in [5.41, 5.74) is 0. The van der Waals surface area contributed by atoms with Crippen LogP contribution >= 0.6 is 11.3 Å². The number of thiophene rings is 1. The number of likely N-dealkylation sites (N-methyl/N-ethyl adjacent to an activating group) is 1. The number of hydrogen-bond donors (Lipinski definition) is 0. The van der Waals surface area contributed by atoms with Gasteiger partial charge in [-0.2, -0.15) is 0 Å². The highest BCUT2D eigenvalue weighted by Crippen LogP contribution is 2.10. The standard InChI is InChI=1S/C11H17NOS/c1-4-9(2)12(3)8-10(13)11-6-5-7-14-11/h5-7,9H,4,8H2,1-3H3. The van der Waals surface area contributed by atoms with Crippen LogP contribution in [-0.2, 0) is 0 Å². The van der Waals surface area contributed by atoms with Crippen LogP contribution in [0.1, 0.15) is 29.9 Å². The zero-order chi connectivity index (χ0) is 10.6. The number of carbonyl (C=O) groups excluding carboxylic acids is 1. The second kappa shape index (κ2) is 5.27. The highest BCUT2D eigenvalue weighted by Gasteiger charge is 2.13. The maximum Gasteiger partial charge on any atom is 0.186 e. The molecule has 1 aromatic heterocycles. The summed E-state index contributed by atoms with van der Waals surface area (Å²) in [6.07, 6.45) is 1.08. The Bertz CT molecular complexity index is 281. The van der Waals surface area contributed by atoms with Crippen molar-refractivity contribution in [1.82, 2.24) is 4.90 Å². The van der Waals surface area contributed by atoms with Crippen LogP contribution in [0, 0.1) is 0 Å². The highest BCUT2D eigenvalue weighted by molar-refractivity contribution is 7.12. The van der Waals surface area contributed by atoms with E-state index >= 15 is 0 Å². The second-order valence-electron chi connectivity index (χ2n) is 3.57. The van der Waals surface area contributed by atoms with Crippen LogP contribution in [0.2, 0.25) is 0 Å². The lowest BCUT2D eigenvalue weighted by Crippen LogP contribution is -2.33. The largest absolute Gasteiger partial charge is 0.296 e. The van der Waals surface area contributed by atoms with Crippen LogP contribution < -0.4 is 0 Å². The van der Waals surface area contributed by atoms with Gasteiger partial charge in [-0.05, 0) is 31.8 Å². The maximum absolute atomic E-state index is 11.7. The molecule has 0 amide bonds. The van der Waals surface area contributed by atoms with Gasteiger partial charge in [0.05, 0.1) is 11.4 Å². The molecule has 1 aromatic rings. The molecule has 1 heterocycles. The van der Waals surface area contributed by atoms with Crippen molar-refractivity contribution in [2.24, 2.45) is 0 Å². The van der Waals surface area contributed by atoms with Crippen molar-refractivity contribution in [3.63, 3.8) is 0 Å². The Balaban J connectivity index is 2.49. The number of hydrogen-bond acceptors (Lipinski definition) is 3. The number of nitrogens with zero attached hydrogens (tertiary/aromatic N) is 1. The van der Waals surface area contributed by atoms with Crippen LogP contribution in [0.3, 0.4) is 0 Å². The fraction of sp³-hybridized carbons (Fsp3) is 0.545. The molecule has 0 bridgehead atoms. The summed E-state index contributed by atoms with van der Waals surface area (Å²) < 4.78 is 0. The van der Waals surface area contributed by atoms with Gasteiger partial charge >= 0.3 is 0 Å². The Morgan fingerprint density at radius 2 is 2.36 bits per heavy atom. The number of Topliss-reactive ketones (excluding diaryl/α,β-unsaturated/α-hetero) is 1. The summed E-state index contributed by atoms with van der Waals surface area (Å²) in [5, 5.41) is 1.94. The average molecular weight is 211 g/mol. The fourth-order valence-corrected chi connectivity index (χ4v) is 1.87. The van der Waals surface area contributed by atoms with Crippen LogP contribution in [0.25, 0.3) is 0 Å². The predicted octanol–water partition coefficient (Wildman–Crippen LogP) is 2.66. The van der Waals surface area contributed by atoms with Crippen molar-refractivity contribution < 1.29 is 4.79 Å². The Morgan fingerprint density at radius 3 is 2.86 bits per heavy atom. The van der Waals surface area contributed by atoms with E-state index in [0.717, 1.165) is 11.3 Å². The third-order valence-electron chi connectivity index (χ3n) is 2.53. The van der Waals surface area contributed by atoms with Crippen molar-refractivity contribution in [2.75, 3.05) is 13.6 Å². The summed E-state index contributed by atoms with van der Waals surface area (Å²) in [7, 11) is 2.00. The van der Waals surface area contributed by atoms with Gasteiger partial charge in [-0.3, -0.25) is 9.69 Å². The van der Waals surface area contributed by atoms with E-state index < -0.39 is 0 Å². The lowest BCUT2D eigenvalue weighted by molar-refractivity contribution is 0.0927. The van der Waals surface area contributed by atoms with Crippen molar-refractivity contribution in [1.29, 1.82) is 0 Å². The summed E-state index contributed by atoms with van der Waals surface area (Å²) >= 11 is 1.52. The molecule has 0 radical (unpaired) electrons. The smallest absolute Gasteiger partial charge is 0.186 e. The first-order valence-corrected chi connectivity index (χ1v) is 5.80. The van der Waals surface area contributed by atoms with E-state index in [9.17, 15) is 4.79 Å². The molecule has 2 nitrogen and oxygen atoms in total. The van der Waals surface area contributed by atoms with Gasteiger partial charge < -0.3 is 0 Å². The third-order valence-corrected chi connectivity index (χ3v) is 3.44. The van der Waals surface area contributed by atoms with Gasteiger partial charge in [0, 0.05) is 6.04 Å². The minimum atomic E-state index is 0.225. The van der Waals surface area contributed by atoms with Crippen LogP contribution in [0.15, 0.2) is 17.5 Å². The first kappa shape index (κ1) is 11.4. The quantitative estimate of drug-likeness (QED) is 0.698. The maximum atomic E-state index is 11.7. The van der Waals surface area contributed by atoms with Crippen molar-refractivity contribution in [3.8, 4) is 0 Å². The molecule has 0 aliphatic rings.